The highest BCUT2D eigenvalue weighted by Crippen LogP contribution is 2.38. The zero-order valence-corrected chi connectivity index (χ0v) is 21.1. The Labute approximate surface area is 221 Å². The van der Waals surface area contributed by atoms with E-state index in [1.54, 1.807) is 41.7 Å². The van der Waals surface area contributed by atoms with Gasteiger partial charge in [-0.15, -0.1) is 5.10 Å². The van der Waals surface area contributed by atoms with Gasteiger partial charge in [0.25, 0.3) is 5.91 Å². The Hall–Kier alpha value is -4.39. The lowest BCUT2D eigenvalue weighted by Crippen LogP contribution is -2.45. The average molecular weight is 541 g/mol. The Morgan fingerprint density at radius 2 is 1.72 bits per heavy atom. The molecule has 1 amide bonds. The van der Waals surface area contributed by atoms with E-state index in [4.69, 9.17) is 0 Å². The van der Waals surface area contributed by atoms with E-state index in [-0.39, 0.29) is 16.9 Å². The van der Waals surface area contributed by atoms with E-state index < -0.39 is 23.5 Å². The van der Waals surface area contributed by atoms with Gasteiger partial charge in [0.05, 0.1) is 23.1 Å². The maximum Gasteiger partial charge on any atom is 0.419 e. The van der Waals surface area contributed by atoms with Crippen LogP contribution < -0.4 is 10.2 Å². The molecule has 1 aliphatic heterocycles. The van der Waals surface area contributed by atoms with Crippen molar-refractivity contribution >= 4 is 17.3 Å². The molecule has 0 radical (unpaired) electrons. The van der Waals surface area contributed by atoms with Gasteiger partial charge in [-0.25, -0.2) is 19.0 Å². The van der Waals surface area contributed by atoms with Crippen LogP contribution in [0.4, 0.5) is 28.9 Å². The summed E-state index contributed by atoms with van der Waals surface area (Å²) in [6, 6.07) is 6.66. The number of aromatic nitrogens is 5. The van der Waals surface area contributed by atoms with Crippen LogP contribution in [0.3, 0.4) is 0 Å². The number of carbonyl (C=O) groups is 1. The number of anilines is 2. The second kappa shape index (κ2) is 10.4. The van der Waals surface area contributed by atoms with Gasteiger partial charge in [-0.2, -0.15) is 13.2 Å². The van der Waals surface area contributed by atoms with E-state index in [1.165, 1.54) is 17.1 Å². The summed E-state index contributed by atoms with van der Waals surface area (Å²) in [5.41, 5.74) is 0.899. The van der Waals surface area contributed by atoms with Crippen molar-refractivity contribution < 1.29 is 22.4 Å². The number of hydrogen-bond donors (Lipinski definition) is 1. The summed E-state index contributed by atoms with van der Waals surface area (Å²) >= 11 is 0. The van der Waals surface area contributed by atoms with Gasteiger partial charge < -0.3 is 15.1 Å². The molecule has 1 N–H and O–H groups in total. The van der Waals surface area contributed by atoms with Gasteiger partial charge in [0, 0.05) is 55.4 Å². The summed E-state index contributed by atoms with van der Waals surface area (Å²) in [6.07, 6.45) is 1.30. The zero-order valence-electron chi connectivity index (χ0n) is 21.1. The van der Waals surface area contributed by atoms with Crippen molar-refractivity contribution in [3.63, 3.8) is 0 Å². The minimum Gasteiger partial charge on any atom is -0.367 e. The van der Waals surface area contributed by atoms with Crippen molar-refractivity contribution in [2.24, 2.45) is 0 Å². The quantitative estimate of drug-likeness (QED) is 0.380. The van der Waals surface area contributed by atoms with Gasteiger partial charge in [-0.3, -0.25) is 4.79 Å². The van der Waals surface area contributed by atoms with Crippen molar-refractivity contribution in [3.8, 4) is 16.9 Å². The minimum absolute atomic E-state index is 0.156. The summed E-state index contributed by atoms with van der Waals surface area (Å²) in [6.45, 7) is 3.69. The van der Waals surface area contributed by atoms with Crippen LogP contribution in [0.5, 0.6) is 0 Å². The number of amides is 1. The number of nitrogens with one attached hydrogen (secondary N) is 1. The highest BCUT2D eigenvalue weighted by Gasteiger charge is 2.37. The van der Waals surface area contributed by atoms with Crippen LogP contribution in [-0.2, 0) is 6.18 Å². The van der Waals surface area contributed by atoms with Crippen LogP contribution in [0.2, 0.25) is 0 Å². The Bertz CT molecular complexity index is 1500. The first-order chi connectivity index (χ1) is 18.6. The molecule has 0 bridgehead atoms. The van der Waals surface area contributed by atoms with E-state index >= 15 is 0 Å². The number of benzene rings is 2. The van der Waals surface area contributed by atoms with E-state index in [0.717, 1.165) is 5.56 Å². The fourth-order valence-corrected chi connectivity index (χ4v) is 4.31. The van der Waals surface area contributed by atoms with E-state index in [1.807, 2.05) is 18.9 Å². The molecule has 1 saturated heterocycles. The Morgan fingerprint density at radius 3 is 2.41 bits per heavy atom. The highest BCUT2D eigenvalue weighted by molar-refractivity contribution is 6.05. The molecule has 4 aromatic rings. The van der Waals surface area contributed by atoms with E-state index in [0.29, 0.717) is 49.2 Å². The summed E-state index contributed by atoms with van der Waals surface area (Å²) in [7, 11) is 1.89. The van der Waals surface area contributed by atoms with Crippen LogP contribution in [0, 0.1) is 12.7 Å². The molecule has 3 heterocycles. The highest BCUT2D eigenvalue weighted by atomic mass is 19.4. The van der Waals surface area contributed by atoms with Crippen LogP contribution >= 0.6 is 0 Å². The number of rotatable bonds is 5. The summed E-state index contributed by atoms with van der Waals surface area (Å²) in [5.74, 6) is -2.01. The second-order valence-electron chi connectivity index (χ2n) is 9.28. The third-order valence-corrected chi connectivity index (χ3v) is 6.53. The number of carbonyl (C=O) groups excluding carboxylic acids is 1. The Morgan fingerprint density at radius 1 is 1.00 bits per heavy atom. The van der Waals surface area contributed by atoms with Crippen molar-refractivity contribution in [1.29, 1.82) is 0 Å². The lowest BCUT2D eigenvalue weighted by atomic mass is 10.1. The monoisotopic (exact) mass is 540 g/mol. The second-order valence-corrected chi connectivity index (χ2v) is 9.28. The third-order valence-electron chi connectivity index (χ3n) is 6.53. The van der Waals surface area contributed by atoms with Gasteiger partial charge in [-0.1, -0.05) is 11.3 Å². The number of nitrogens with zero attached hydrogens (tertiary/aromatic N) is 7. The smallest absolute Gasteiger partial charge is 0.367 e. The molecule has 2 aromatic heterocycles. The molecule has 0 unspecified atom stereocenters. The fraction of sp³-hybridized carbons (Fsp3) is 0.269. The van der Waals surface area contributed by atoms with Crippen molar-refractivity contribution in [1.82, 2.24) is 29.9 Å². The minimum atomic E-state index is -4.93. The van der Waals surface area contributed by atoms with Gasteiger partial charge in [0.2, 0.25) is 0 Å². The third kappa shape index (κ3) is 5.58. The summed E-state index contributed by atoms with van der Waals surface area (Å²) in [5, 5.41) is 10.8. The molecule has 1 aliphatic rings. The summed E-state index contributed by atoms with van der Waals surface area (Å²) in [4.78, 5) is 24.6. The molecule has 39 heavy (non-hydrogen) atoms. The van der Waals surface area contributed by atoms with E-state index in [2.05, 4.69) is 25.6 Å². The molecule has 1 fully saturated rings. The molecule has 9 nitrogen and oxygen atoms in total. The van der Waals surface area contributed by atoms with E-state index in [9.17, 15) is 22.4 Å². The molecule has 0 atom stereocenters. The number of halogens is 4. The SMILES string of the molecule is Cc1ccc(C(=O)Nc2cc(N3CCN(C)CC3)c(F)c(C(F)(F)F)c2)cc1-n1cc(-c2cncnc2)nn1. The lowest BCUT2D eigenvalue weighted by molar-refractivity contribution is -0.139. The molecular weight excluding hydrogens is 516 g/mol. The maximum atomic E-state index is 15.0. The molecule has 13 heteroatoms. The first-order valence-corrected chi connectivity index (χ1v) is 12.0. The molecular formula is C26H24F4N8O. The van der Waals surface area contributed by atoms with Gasteiger partial charge in [0.15, 0.2) is 5.82 Å². The van der Waals surface area contributed by atoms with Gasteiger partial charge >= 0.3 is 6.18 Å². The first-order valence-electron chi connectivity index (χ1n) is 12.0. The van der Waals surface area contributed by atoms with Crippen molar-refractivity contribution in [2.75, 3.05) is 43.4 Å². The number of hydrogen-bond acceptors (Lipinski definition) is 7. The topological polar surface area (TPSA) is 92.1 Å². The van der Waals surface area contributed by atoms with Crippen molar-refractivity contribution in [2.45, 2.75) is 13.1 Å². The molecule has 0 aliphatic carbocycles. The normalized spacial score (nSPS) is 14.5. The largest absolute Gasteiger partial charge is 0.419 e. The molecule has 5 rings (SSSR count). The number of piperazine rings is 1. The number of likely N-dealkylation sites (N-methyl/N-ethyl adjacent to an activating group) is 1. The molecule has 202 valence electrons. The lowest BCUT2D eigenvalue weighted by Gasteiger charge is -2.34. The Balaban J connectivity index is 1.44. The summed E-state index contributed by atoms with van der Waals surface area (Å²) < 4.78 is 57.6. The number of aryl methyl sites for hydroxylation is 1. The van der Waals surface area contributed by atoms with Crippen LogP contribution in [-0.4, -0.2) is 69.0 Å². The van der Waals surface area contributed by atoms with Crippen LogP contribution in [0.25, 0.3) is 16.9 Å². The average Bonchev–Trinajstić information content (AvgIpc) is 3.40. The number of alkyl halides is 3. The van der Waals surface area contributed by atoms with Crippen LogP contribution in [0.15, 0.2) is 55.2 Å². The zero-order chi connectivity index (χ0) is 27.7. The molecule has 2 aromatic carbocycles. The standard InChI is InChI=1S/C26H24F4N8O/c1-16-3-4-17(9-22(16)38-14-21(34-35-38)18-12-31-15-32-13-18)25(39)33-19-10-20(26(28,29)30)24(27)23(11-19)37-7-5-36(2)6-8-37/h3-4,9-15H,5-8H2,1-2H3,(H,33,39). The van der Waals surface area contributed by atoms with Gasteiger partial charge in [-0.05, 0) is 43.8 Å². The predicted octanol–water partition coefficient (Wildman–Crippen LogP) is 4.19. The van der Waals surface area contributed by atoms with Crippen molar-refractivity contribution in [3.05, 3.63) is 77.8 Å². The predicted molar refractivity (Wildman–Crippen MR) is 136 cm³/mol. The first kappa shape index (κ1) is 26.2. The molecule has 0 spiro atoms. The maximum absolute atomic E-state index is 15.0. The molecule has 0 saturated carbocycles. The Kier molecular flexibility index (Phi) is 7.00. The fourth-order valence-electron chi connectivity index (χ4n) is 4.31. The van der Waals surface area contributed by atoms with Gasteiger partial charge in [0.1, 0.15) is 12.0 Å². The van der Waals surface area contributed by atoms with Crippen LogP contribution in [0.1, 0.15) is 21.5 Å².